The van der Waals surface area contributed by atoms with Gasteiger partial charge in [-0.15, -0.1) is 0 Å². The van der Waals surface area contributed by atoms with E-state index in [1.165, 1.54) is 0 Å². The molecule has 3 aromatic rings. The Morgan fingerprint density at radius 1 is 1.28 bits per heavy atom. The number of imidazole rings is 1. The lowest BCUT2D eigenvalue weighted by atomic mass is 10.0. The van der Waals surface area contributed by atoms with Crippen molar-refractivity contribution < 1.29 is 18.0 Å². The normalized spacial score (nSPS) is 12.0. The smallest absolute Gasteiger partial charge is 0.393 e. The van der Waals surface area contributed by atoms with Crippen LogP contribution in [-0.2, 0) is 0 Å². The van der Waals surface area contributed by atoms with Crippen molar-refractivity contribution in [2.24, 2.45) is 5.73 Å². The van der Waals surface area contributed by atoms with Crippen LogP contribution in [0.15, 0.2) is 55.0 Å². The molecule has 0 fully saturated rings. The van der Waals surface area contributed by atoms with Gasteiger partial charge in [0.2, 0.25) is 0 Å². The summed E-state index contributed by atoms with van der Waals surface area (Å²) in [6, 6.07) is 9.40. The number of carbonyl (C=O) groups excluding carboxylic acids is 1. The lowest BCUT2D eigenvalue weighted by molar-refractivity contribution is -0.122. The zero-order chi connectivity index (χ0) is 23.3. The van der Waals surface area contributed by atoms with E-state index < -0.39 is 18.8 Å². The van der Waals surface area contributed by atoms with Crippen molar-refractivity contribution >= 4 is 28.7 Å². The third-order valence-electron chi connectivity index (χ3n) is 4.51. The Morgan fingerprint density at radius 2 is 2.06 bits per heavy atom. The summed E-state index contributed by atoms with van der Waals surface area (Å²) in [7, 11) is 1.74. The number of fused-ring (bicyclic) bond motifs is 1. The summed E-state index contributed by atoms with van der Waals surface area (Å²) in [4.78, 5) is 16.1. The molecule has 0 saturated carbocycles. The van der Waals surface area contributed by atoms with Gasteiger partial charge in [0.05, 0.1) is 17.6 Å². The van der Waals surface area contributed by atoms with Gasteiger partial charge in [-0.25, -0.2) is 9.78 Å². The van der Waals surface area contributed by atoms with Gasteiger partial charge in [0.15, 0.2) is 0 Å². The first-order chi connectivity index (χ1) is 15.2. The maximum Gasteiger partial charge on any atom is 0.405 e. The van der Waals surface area contributed by atoms with Crippen LogP contribution < -0.4 is 21.7 Å². The molecule has 2 amide bonds. The number of nitrogens with zero attached hydrogens (tertiary/aromatic N) is 2. The molecule has 0 aliphatic rings. The fourth-order valence-corrected chi connectivity index (χ4v) is 3.07. The second-order valence-electron chi connectivity index (χ2n) is 6.82. The molecule has 0 aliphatic heterocycles. The van der Waals surface area contributed by atoms with Gasteiger partial charge in [-0.2, -0.15) is 13.2 Å². The molecule has 0 radical (unpaired) electrons. The summed E-state index contributed by atoms with van der Waals surface area (Å²) in [5, 5.41) is 15.1. The Morgan fingerprint density at radius 3 is 2.75 bits per heavy atom. The first-order valence-corrected chi connectivity index (χ1v) is 9.56. The molecule has 11 heteroatoms. The maximum atomic E-state index is 12.3. The van der Waals surface area contributed by atoms with Crippen LogP contribution in [-0.4, -0.2) is 47.4 Å². The van der Waals surface area contributed by atoms with Crippen molar-refractivity contribution in [3.63, 3.8) is 0 Å². The lowest BCUT2D eigenvalue weighted by Gasteiger charge is -2.11. The quantitative estimate of drug-likeness (QED) is 0.359. The minimum Gasteiger partial charge on any atom is -0.393 e. The number of hydrogen-bond donors (Lipinski definition) is 5. The Hall–Kier alpha value is -3.86. The molecule has 0 bridgehead atoms. The van der Waals surface area contributed by atoms with Crippen molar-refractivity contribution in [1.82, 2.24) is 20.0 Å². The zero-order valence-electron chi connectivity index (χ0n) is 17.1. The molecule has 0 spiro atoms. The molecule has 6 N–H and O–H groups in total. The average Bonchev–Trinajstić information content (AvgIpc) is 3.18. The Labute approximate surface area is 181 Å². The average molecular weight is 445 g/mol. The van der Waals surface area contributed by atoms with E-state index in [2.05, 4.69) is 15.6 Å². The van der Waals surface area contributed by atoms with Crippen molar-refractivity contribution in [2.75, 3.05) is 25.5 Å². The highest BCUT2D eigenvalue weighted by atomic mass is 19.4. The molecule has 0 saturated heterocycles. The Balaban J connectivity index is 1.86. The highest BCUT2D eigenvalue weighted by molar-refractivity contribution is 6.23. The first kappa shape index (κ1) is 22.8. The van der Waals surface area contributed by atoms with Crippen LogP contribution in [0.5, 0.6) is 0 Å². The second kappa shape index (κ2) is 9.52. The monoisotopic (exact) mass is 445 g/mol. The van der Waals surface area contributed by atoms with E-state index in [1.807, 2.05) is 16.5 Å². The summed E-state index contributed by atoms with van der Waals surface area (Å²) in [6.07, 6.45) is 0.664. The van der Waals surface area contributed by atoms with Crippen LogP contribution in [0.2, 0.25) is 0 Å². The number of carbonyl (C=O) groups is 1. The van der Waals surface area contributed by atoms with Crippen LogP contribution in [0.3, 0.4) is 0 Å². The molecule has 2 heterocycles. The molecular weight excluding hydrogens is 423 g/mol. The van der Waals surface area contributed by atoms with Crippen LogP contribution in [0, 0.1) is 5.41 Å². The number of nitrogens with one attached hydrogen (secondary N) is 4. The second-order valence-corrected chi connectivity index (χ2v) is 6.82. The Kier molecular flexibility index (Phi) is 6.79. The topological polar surface area (TPSA) is 120 Å². The fourth-order valence-electron chi connectivity index (χ4n) is 3.07. The number of amides is 2. The fraction of sp³-hybridized carbons (Fsp3) is 0.190. The number of nitrogens with two attached hydrogens (primary N) is 1. The maximum absolute atomic E-state index is 12.3. The highest BCUT2D eigenvalue weighted by Gasteiger charge is 2.27. The van der Waals surface area contributed by atoms with Gasteiger partial charge in [-0.1, -0.05) is 12.1 Å². The van der Waals surface area contributed by atoms with Gasteiger partial charge in [0.1, 0.15) is 12.2 Å². The zero-order valence-corrected chi connectivity index (χ0v) is 17.1. The minimum atomic E-state index is -4.49. The van der Waals surface area contributed by atoms with E-state index in [0.717, 1.165) is 11.3 Å². The SMILES string of the molecule is CN/C=C(\C(=N)CN)c1ccn2c(-c3cccc(NC(=O)NCC(F)(F)F)c3)cnc2c1. The van der Waals surface area contributed by atoms with Crippen LogP contribution >= 0.6 is 0 Å². The molecule has 0 atom stereocenters. The standard InChI is InChI=1S/C21H22F3N7O/c1-27-10-16(17(26)9-25)13-5-6-31-18(11-28-19(31)8-13)14-3-2-4-15(7-14)30-20(32)29-12-21(22,23)24/h2-8,10-11,26-27H,9,12,25H2,1H3,(H2,29,30,32)/b16-10-,26-17?. The Bertz CT molecular complexity index is 1170. The van der Waals surface area contributed by atoms with Crippen LogP contribution in [0.4, 0.5) is 23.7 Å². The number of aromatic nitrogens is 2. The van der Waals surface area contributed by atoms with Gasteiger partial charge in [0.25, 0.3) is 0 Å². The predicted octanol–water partition coefficient (Wildman–Crippen LogP) is 3.22. The number of halogens is 3. The molecule has 0 unspecified atom stereocenters. The molecule has 0 aliphatic carbocycles. The van der Waals surface area contributed by atoms with Crippen LogP contribution in [0.1, 0.15) is 5.56 Å². The summed E-state index contributed by atoms with van der Waals surface area (Å²) >= 11 is 0. The number of rotatable bonds is 7. The van der Waals surface area contributed by atoms with Crippen molar-refractivity contribution in [2.45, 2.75) is 6.18 Å². The van der Waals surface area contributed by atoms with Gasteiger partial charge >= 0.3 is 12.2 Å². The van der Waals surface area contributed by atoms with E-state index in [1.54, 1.807) is 55.2 Å². The van der Waals surface area contributed by atoms with Gasteiger partial charge in [0, 0.05) is 42.8 Å². The first-order valence-electron chi connectivity index (χ1n) is 9.56. The summed E-state index contributed by atoms with van der Waals surface area (Å²) in [6.45, 7) is -1.32. The van der Waals surface area contributed by atoms with Crippen LogP contribution in [0.25, 0.3) is 22.5 Å². The van der Waals surface area contributed by atoms with Crippen molar-refractivity contribution in [1.29, 1.82) is 5.41 Å². The highest BCUT2D eigenvalue weighted by Crippen LogP contribution is 2.26. The third-order valence-corrected chi connectivity index (χ3v) is 4.51. The van der Waals surface area contributed by atoms with E-state index in [4.69, 9.17) is 11.1 Å². The number of alkyl halides is 3. The van der Waals surface area contributed by atoms with E-state index >= 15 is 0 Å². The molecule has 2 aromatic heterocycles. The van der Waals surface area contributed by atoms with E-state index in [9.17, 15) is 18.0 Å². The lowest BCUT2D eigenvalue weighted by Crippen LogP contribution is -2.36. The van der Waals surface area contributed by atoms with Crippen molar-refractivity contribution in [3.05, 3.63) is 60.6 Å². The molecule has 8 nitrogen and oxygen atoms in total. The van der Waals surface area contributed by atoms with Gasteiger partial charge in [-0.05, 0) is 29.8 Å². The summed E-state index contributed by atoms with van der Waals surface area (Å²) in [5.74, 6) is 0. The number of hydrogen-bond acceptors (Lipinski definition) is 5. The number of pyridine rings is 1. The molecule has 3 rings (SSSR count). The molecule has 168 valence electrons. The number of anilines is 1. The summed E-state index contributed by atoms with van der Waals surface area (Å²) < 4.78 is 38.6. The predicted molar refractivity (Wildman–Crippen MR) is 118 cm³/mol. The van der Waals surface area contributed by atoms with Gasteiger partial charge < -0.3 is 27.1 Å². The van der Waals surface area contributed by atoms with Gasteiger partial charge in [-0.3, -0.25) is 4.40 Å². The molecule has 32 heavy (non-hydrogen) atoms. The summed E-state index contributed by atoms with van der Waals surface area (Å²) in [5.41, 5.74) is 9.72. The molecule has 1 aromatic carbocycles. The largest absolute Gasteiger partial charge is 0.405 e. The molecular formula is C21H22F3N7O. The number of urea groups is 1. The minimum absolute atomic E-state index is 0.0920. The van der Waals surface area contributed by atoms with E-state index in [-0.39, 0.29) is 12.3 Å². The number of benzene rings is 1. The van der Waals surface area contributed by atoms with Crippen molar-refractivity contribution in [3.8, 4) is 11.3 Å². The van der Waals surface area contributed by atoms with E-state index in [0.29, 0.717) is 22.5 Å². The third kappa shape index (κ3) is 5.43.